The third-order valence-electron chi connectivity index (χ3n) is 7.09. The van der Waals surface area contributed by atoms with E-state index in [1.807, 2.05) is 36.0 Å². The maximum absolute atomic E-state index is 13.3. The molecule has 4 aromatic rings. The number of aromatic nitrogens is 6. The molecule has 0 aliphatic rings. The zero-order chi connectivity index (χ0) is 26.0. The highest BCUT2D eigenvalue weighted by Crippen LogP contribution is 2.33. The molecule has 0 fully saturated rings. The van der Waals surface area contributed by atoms with Crippen LogP contribution in [0.3, 0.4) is 0 Å². The van der Waals surface area contributed by atoms with Gasteiger partial charge in [-0.15, -0.1) is 5.10 Å². The van der Waals surface area contributed by atoms with Crippen LogP contribution in [0.5, 0.6) is 0 Å². The number of nitrogens with zero attached hydrogens (tertiary/aromatic N) is 6. The second kappa shape index (κ2) is 10.3. The molecular weight excluding hydrogens is 450 g/mol. The summed E-state index contributed by atoms with van der Waals surface area (Å²) in [6.45, 7) is 16.0. The molecule has 0 spiro atoms. The number of rotatable bonds is 9. The maximum atomic E-state index is 13.3. The number of aryl methyl sites for hydroxylation is 2. The Morgan fingerprint density at radius 1 is 1.14 bits per heavy atom. The Hall–Kier alpha value is -3.39. The summed E-state index contributed by atoms with van der Waals surface area (Å²) in [6.07, 6.45) is 4.54. The van der Waals surface area contributed by atoms with Gasteiger partial charge in [0.25, 0.3) is 5.56 Å². The number of nitrogens with one attached hydrogen (secondary N) is 1. The predicted octanol–water partition coefficient (Wildman–Crippen LogP) is 5.07. The van der Waals surface area contributed by atoms with Crippen molar-refractivity contribution < 1.29 is 0 Å². The molecule has 0 aliphatic heterocycles. The Morgan fingerprint density at radius 2 is 1.92 bits per heavy atom. The minimum Gasteiger partial charge on any atom is -0.322 e. The van der Waals surface area contributed by atoms with Crippen molar-refractivity contribution in [2.75, 3.05) is 0 Å². The third kappa shape index (κ3) is 5.23. The first-order chi connectivity index (χ1) is 17.1. The number of hydrogen-bond acceptors (Lipinski definition) is 6. The van der Waals surface area contributed by atoms with Crippen molar-refractivity contribution in [3.63, 3.8) is 0 Å². The van der Waals surface area contributed by atoms with Crippen molar-refractivity contribution in [2.45, 2.75) is 79.6 Å². The van der Waals surface area contributed by atoms with Gasteiger partial charge in [0.1, 0.15) is 0 Å². The second-order valence-corrected chi connectivity index (χ2v) is 10.7. The number of aromatic amines is 1. The predicted molar refractivity (Wildman–Crippen MR) is 143 cm³/mol. The van der Waals surface area contributed by atoms with E-state index in [1.165, 1.54) is 0 Å². The first kappa shape index (κ1) is 25.7. The Labute approximate surface area is 212 Å². The highest BCUT2D eigenvalue weighted by Gasteiger charge is 2.34. The van der Waals surface area contributed by atoms with Gasteiger partial charge in [-0.3, -0.25) is 14.7 Å². The Morgan fingerprint density at radius 3 is 2.58 bits per heavy atom. The van der Waals surface area contributed by atoms with Crippen molar-refractivity contribution >= 4 is 10.9 Å². The zero-order valence-electron chi connectivity index (χ0n) is 22.4. The lowest BCUT2D eigenvalue weighted by molar-refractivity contribution is 0.117. The summed E-state index contributed by atoms with van der Waals surface area (Å²) in [5.74, 6) is 1.01. The molecule has 0 aliphatic carbocycles. The molecule has 0 bridgehead atoms. The first-order valence-electron chi connectivity index (χ1n) is 12.7. The molecule has 0 saturated heterocycles. The van der Waals surface area contributed by atoms with E-state index in [-0.39, 0.29) is 23.1 Å². The largest absolute Gasteiger partial charge is 0.322 e. The fourth-order valence-electron chi connectivity index (χ4n) is 4.87. The molecule has 0 amide bonds. The van der Waals surface area contributed by atoms with E-state index in [4.69, 9.17) is 0 Å². The van der Waals surface area contributed by atoms with Crippen LogP contribution in [-0.2, 0) is 18.6 Å². The minimum absolute atomic E-state index is 0.0697. The van der Waals surface area contributed by atoms with Gasteiger partial charge in [0, 0.05) is 41.9 Å². The average Bonchev–Trinajstić information content (AvgIpc) is 3.30. The monoisotopic (exact) mass is 487 g/mol. The minimum atomic E-state index is -0.235. The molecule has 1 atom stereocenters. The molecule has 0 radical (unpaired) electrons. The van der Waals surface area contributed by atoms with Crippen molar-refractivity contribution in [3.8, 4) is 0 Å². The van der Waals surface area contributed by atoms with Gasteiger partial charge >= 0.3 is 0 Å². The van der Waals surface area contributed by atoms with E-state index in [0.29, 0.717) is 13.1 Å². The Kier molecular flexibility index (Phi) is 7.36. The molecule has 1 N–H and O–H groups in total. The maximum Gasteiger partial charge on any atom is 0.252 e. The first-order valence-corrected chi connectivity index (χ1v) is 12.7. The SMILES string of the molecule is CCC(C)(C)n1nnnc1C(C(C)C)N(Cc1cccnc1)Cc1cc2c(C)cc(C)cc2[nH]c1=O. The lowest BCUT2D eigenvalue weighted by Gasteiger charge is -2.35. The molecule has 0 saturated carbocycles. The Balaban J connectivity index is 1.83. The number of benzene rings is 1. The van der Waals surface area contributed by atoms with E-state index < -0.39 is 0 Å². The van der Waals surface area contributed by atoms with E-state index in [2.05, 4.69) is 84.1 Å². The highest BCUT2D eigenvalue weighted by atomic mass is 16.1. The molecule has 3 heterocycles. The third-order valence-corrected chi connectivity index (χ3v) is 7.09. The van der Waals surface area contributed by atoms with Crippen LogP contribution in [0.4, 0.5) is 0 Å². The van der Waals surface area contributed by atoms with Crippen molar-refractivity contribution in [1.29, 1.82) is 0 Å². The zero-order valence-corrected chi connectivity index (χ0v) is 22.4. The fraction of sp³-hybridized carbons (Fsp3) is 0.464. The molecule has 8 nitrogen and oxygen atoms in total. The lowest BCUT2D eigenvalue weighted by atomic mass is 9.97. The molecule has 1 aromatic carbocycles. The van der Waals surface area contributed by atoms with Crippen LogP contribution in [0.15, 0.2) is 47.5 Å². The Bertz CT molecular complexity index is 1390. The summed E-state index contributed by atoms with van der Waals surface area (Å²) < 4.78 is 1.95. The highest BCUT2D eigenvalue weighted by molar-refractivity contribution is 5.83. The average molecular weight is 488 g/mol. The molecular formula is C28H37N7O. The normalized spacial score (nSPS) is 13.1. The number of tetrazole rings is 1. The van der Waals surface area contributed by atoms with Gasteiger partial charge in [-0.05, 0) is 85.3 Å². The van der Waals surface area contributed by atoms with Gasteiger partial charge in [-0.1, -0.05) is 32.9 Å². The summed E-state index contributed by atoms with van der Waals surface area (Å²) in [5.41, 5.74) is 4.64. The molecule has 3 aromatic heterocycles. The summed E-state index contributed by atoms with van der Waals surface area (Å²) >= 11 is 0. The van der Waals surface area contributed by atoms with E-state index in [9.17, 15) is 4.79 Å². The summed E-state index contributed by atoms with van der Waals surface area (Å²) in [6, 6.07) is 10.1. The quantitative estimate of drug-likeness (QED) is 0.354. The van der Waals surface area contributed by atoms with Gasteiger partial charge in [0.2, 0.25) is 0 Å². The van der Waals surface area contributed by atoms with Crippen LogP contribution in [0.25, 0.3) is 10.9 Å². The van der Waals surface area contributed by atoms with Gasteiger partial charge in [0.15, 0.2) is 5.82 Å². The molecule has 8 heteroatoms. The molecule has 36 heavy (non-hydrogen) atoms. The molecule has 4 rings (SSSR count). The number of hydrogen-bond donors (Lipinski definition) is 1. The topological polar surface area (TPSA) is 92.6 Å². The number of pyridine rings is 2. The van der Waals surface area contributed by atoms with Crippen molar-refractivity contribution in [1.82, 2.24) is 35.1 Å². The smallest absolute Gasteiger partial charge is 0.252 e. The number of H-pyrrole nitrogens is 1. The van der Waals surface area contributed by atoms with E-state index in [0.717, 1.165) is 45.4 Å². The van der Waals surface area contributed by atoms with Gasteiger partial charge < -0.3 is 4.98 Å². The van der Waals surface area contributed by atoms with Crippen LogP contribution in [0.1, 0.15) is 75.2 Å². The summed E-state index contributed by atoms with van der Waals surface area (Å²) in [7, 11) is 0. The van der Waals surface area contributed by atoms with Crippen LogP contribution < -0.4 is 5.56 Å². The lowest BCUT2D eigenvalue weighted by Crippen LogP contribution is -2.38. The van der Waals surface area contributed by atoms with Gasteiger partial charge in [-0.25, -0.2) is 4.68 Å². The summed E-state index contributed by atoms with van der Waals surface area (Å²) in [4.78, 5) is 23.0. The standard InChI is InChI=1S/C28H37N7O/c1-8-28(6,7)35-26(31-32-33-35)25(18(2)3)34(16-21-10-9-11-29-15-21)17-22-14-23-20(5)12-19(4)13-24(23)30-27(22)36/h9-15,18,25H,8,16-17H2,1-7H3,(H,30,36). The molecule has 190 valence electrons. The van der Waals surface area contributed by atoms with Gasteiger partial charge in [0.05, 0.1) is 11.6 Å². The molecule has 1 unspecified atom stereocenters. The van der Waals surface area contributed by atoms with Crippen LogP contribution in [0, 0.1) is 19.8 Å². The van der Waals surface area contributed by atoms with Crippen LogP contribution >= 0.6 is 0 Å². The van der Waals surface area contributed by atoms with E-state index in [1.54, 1.807) is 6.20 Å². The van der Waals surface area contributed by atoms with Crippen LogP contribution in [0.2, 0.25) is 0 Å². The second-order valence-electron chi connectivity index (χ2n) is 10.7. The van der Waals surface area contributed by atoms with E-state index >= 15 is 0 Å². The van der Waals surface area contributed by atoms with Gasteiger partial charge in [-0.2, -0.15) is 0 Å². The van der Waals surface area contributed by atoms with Crippen molar-refractivity contribution in [3.05, 3.63) is 81.2 Å². The summed E-state index contributed by atoms with van der Waals surface area (Å²) in [5, 5.41) is 14.0. The fourth-order valence-corrected chi connectivity index (χ4v) is 4.87. The van der Waals surface area contributed by atoms with Crippen molar-refractivity contribution in [2.24, 2.45) is 5.92 Å². The van der Waals surface area contributed by atoms with Crippen LogP contribution in [-0.4, -0.2) is 35.1 Å². The number of fused-ring (bicyclic) bond motifs is 1.